The average Bonchev–Trinajstić information content (AvgIpc) is 2.39. The minimum atomic E-state index is -0.127. The molecule has 1 heterocycles. The quantitative estimate of drug-likeness (QED) is 0.862. The van der Waals surface area contributed by atoms with E-state index in [1.165, 1.54) is 0 Å². The normalized spacial score (nSPS) is 10.3. The van der Waals surface area contributed by atoms with Crippen molar-refractivity contribution in [1.29, 1.82) is 0 Å². The number of hydrogen-bond acceptors (Lipinski definition) is 2. The van der Waals surface area contributed by atoms with Crippen LogP contribution in [0.4, 0.5) is 0 Å². The topological polar surface area (TPSA) is 42.1 Å². The molecule has 4 heteroatoms. The first-order valence-electron chi connectivity index (χ1n) is 5.63. The highest BCUT2D eigenvalue weighted by molar-refractivity contribution is 6.17. The molecule has 1 aromatic heterocycles. The van der Waals surface area contributed by atoms with E-state index in [1.54, 1.807) is 13.2 Å². The van der Waals surface area contributed by atoms with Crippen LogP contribution in [-0.2, 0) is 12.3 Å². The van der Waals surface area contributed by atoms with E-state index in [0.29, 0.717) is 12.0 Å². The Morgan fingerprint density at radius 3 is 2.61 bits per heavy atom. The second-order valence-electron chi connectivity index (χ2n) is 3.96. The fourth-order valence-electron chi connectivity index (χ4n) is 1.81. The van der Waals surface area contributed by atoms with E-state index in [4.69, 9.17) is 16.3 Å². The predicted molar refractivity (Wildman–Crippen MR) is 72.4 cm³/mol. The zero-order valence-corrected chi connectivity index (χ0v) is 10.8. The number of ether oxygens (including phenoxy) is 1. The maximum Gasteiger partial charge on any atom is 0.252 e. The van der Waals surface area contributed by atoms with Crippen molar-refractivity contribution in [1.82, 2.24) is 4.98 Å². The summed E-state index contributed by atoms with van der Waals surface area (Å²) in [5, 5.41) is 0. The highest BCUT2D eigenvalue weighted by atomic mass is 35.5. The Bertz CT molecular complexity index is 592. The molecule has 0 radical (unpaired) electrons. The van der Waals surface area contributed by atoms with Crippen LogP contribution in [0.15, 0.2) is 41.2 Å². The smallest absolute Gasteiger partial charge is 0.252 e. The number of alkyl halides is 1. The molecule has 0 saturated carbocycles. The van der Waals surface area contributed by atoms with Crippen molar-refractivity contribution < 1.29 is 4.74 Å². The highest BCUT2D eigenvalue weighted by Crippen LogP contribution is 2.19. The molecule has 0 bridgehead atoms. The van der Waals surface area contributed by atoms with Gasteiger partial charge in [0.25, 0.3) is 5.56 Å². The molecule has 3 nitrogen and oxygen atoms in total. The maximum absolute atomic E-state index is 11.6. The van der Waals surface area contributed by atoms with E-state index in [-0.39, 0.29) is 11.4 Å². The molecule has 1 N–H and O–H groups in total. The van der Waals surface area contributed by atoms with Crippen molar-refractivity contribution in [3.8, 4) is 5.75 Å². The van der Waals surface area contributed by atoms with E-state index < -0.39 is 0 Å². The number of aromatic amines is 1. The lowest BCUT2D eigenvalue weighted by Gasteiger charge is -2.08. The van der Waals surface area contributed by atoms with Gasteiger partial charge in [0.1, 0.15) is 5.75 Å². The second kappa shape index (κ2) is 5.74. The van der Waals surface area contributed by atoms with Crippen LogP contribution in [0.25, 0.3) is 0 Å². The molecule has 0 fully saturated rings. The van der Waals surface area contributed by atoms with Crippen LogP contribution in [0.5, 0.6) is 5.75 Å². The molecule has 94 valence electrons. The van der Waals surface area contributed by atoms with Gasteiger partial charge in [-0.3, -0.25) is 4.79 Å². The summed E-state index contributed by atoms with van der Waals surface area (Å²) in [6.07, 6.45) is 0.627. The van der Waals surface area contributed by atoms with Crippen molar-refractivity contribution in [3.63, 3.8) is 0 Å². The zero-order chi connectivity index (χ0) is 13.0. The average molecular weight is 264 g/mol. The summed E-state index contributed by atoms with van der Waals surface area (Å²) in [4.78, 5) is 14.5. The van der Waals surface area contributed by atoms with Gasteiger partial charge in [0, 0.05) is 17.7 Å². The predicted octanol–water partition coefficient (Wildman–Crippen LogP) is 2.71. The van der Waals surface area contributed by atoms with Gasteiger partial charge in [-0.2, -0.15) is 0 Å². The zero-order valence-electron chi connectivity index (χ0n) is 10.1. The van der Waals surface area contributed by atoms with E-state index in [9.17, 15) is 4.79 Å². The molecule has 0 atom stereocenters. The first-order valence-corrected chi connectivity index (χ1v) is 6.17. The third-order valence-corrected chi connectivity index (χ3v) is 3.06. The molecule has 1 aromatic carbocycles. The van der Waals surface area contributed by atoms with Gasteiger partial charge in [-0.1, -0.05) is 24.3 Å². The SMILES string of the molecule is COc1ccccc1Cc1ccc(CCl)c(=O)[nH]1. The summed E-state index contributed by atoms with van der Waals surface area (Å²) >= 11 is 5.65. The Hall–Kier alpha value is -1.74. The van der Waals surface area contributed by atoms with Crippen molar-refractivity contribution in [2.75, 3.05) is 7.11 Å². The van der Waals surface area contributed by atoms with E-state index in [1.807, 2.05) is 30.3 Å². The van der Waals surface area contributed by atoms with Crippen LogP contribution in [0.1, 0.15) is 16.8 Å². The molecule has 0 aliphatic heterocycles. The number of H-pyrrole nitrogens is 1. The number of pyridine rings is 1. The van der Waals surface area contributed by atoms with Crippen LogP contribution in [0.3, 0.4) is 0 Å². The number of aromatic nitrogens is 1. The third-order valence-electron chi connectivity index (χ3n) is 2.77. The first-order chi connectivity index (χ1) is 8.74. The Morgan fingerprint density at radius 1 is 1.17 bits per heavy atom. The summed E-state index contributed by atoms with van der Waals surface area (Å²) in [7, 11) is 1.64. The molecule has 18 heavy (non-hydrogen) atoms. The molecular formula is C14H14ClNO2. The summed E-state index contributed by atoms with van der Waals surface area (Å²) in [6, 6.07) is 11.4. The number of halogens is 1. The second-order valence-corrected chi connectivity index (χ2v) is 4.23. The summed E-state index contributed by atoms with van der Waals surface area (Å²) < 4.78 is 5.28. The molecule has 0 unspecified atom stereocenters. The lowest BCUT2D eigenvalue weighted by Crippen LogP contribution is -2.13. The molecule has 0 spiro atoms. The fourth-order valence-corrected chi connectivity index (χ4v) is 2.02. The molecular weight excluding hydrogens is 250 g/mol. The molecule has 0 aliphatic carbocycles. The summed E-state index contributed by atoms with van der Waals surface area (Å²) in [6.45, 7) is 0. The third kappa shape index (κ3) is 2.74. The summed E-state index contributed by atoms with van der Waals surface area (Å²) in [5.41, 5.74) is 2.34. The number of methoxy groups -OCH3 is 1. The fraction of sp³-hybridized carbons (Fsp3) is 0.214. The number of nitrogens with one attached hydrogen (secondary N) is 1. The van der Waals surface area contributed by atoms with Crippen molar-refractivity contribution >= 4 is 11.6 Å². The van der Waals surface area contributed by atoms with Crippen molar-refractivity contribution in [2.45, 2.75) is 12.3 Å². The highest BCUT2D eigenvalue weighted by Gasteiger charge is 2.05. The molecule has 2 aromatic rings. The minimum absolute atomic E-state index is 0.127. The van der Waals surface area contributed by atoms with Crippen molar-refractivity contribution in [2.24, 2.45) is 0 Å². The molecule has 0 amide bonds. The van der Waals surface area contributed by atoms with Crippen LogP contribution in [0, 0.1) is 0 Å². The van der Waals surface area contributed by atoms with Gasteiger partial charge in [-0.15, -0.1) is 11.6 Å². The monoisotopic (exact) mass is 263 g/mol. The summed E-state index contributed by atoms with van der Waals surface area (Å²) in [5.74, 6) is 1.05. The van der Waals surface area contributed by atoms with Gasteiger partial charge < -0.3 is 9.72 Å². The van der Waals surface area contributed by atoms with E-state index >= 15 is 0 Å². The van der Waals surface area contributed by atoms with Crippen LogP contribution in [-0.4, -0.2) is 12.1 Å². The molecule has 0 aliphatic rings. The largest absolute Gasteiger partial charge is 0.496 e. The van der Waals surface area contributed by atoms with Crippen LogP contribution in [0.2, 0.25) is 0 Å². The molecule has 0 saturated heterocycles. The standard InChI is InChI=1S/C14H14ClNO2/c1-18-13-5-3-2-4-10(13)8-12-7-6-11(9-15)14(17)16-12/h2-7H,8-9H2,1H3,(H,16,17). The Labute approximate surface area is 110 Å². The van der Waals surface area contributed by atoms with Gasteiger partial charge in [0.2, 0.25) is 0 Å². The van der Waals surface area contributed by atoms with Crippen molar-refractivity contribution in [3.05, 3.63) is 63.6 Å². The Kier molecular flexibility index (Phi) is 4.05. The van der Waals surface area contributed by atoms with E-state index in [2.05, 4.69) is 4.98 Å². The lowest BCUT2D eigenvalue weighted by atomic mass is 10.1. The van der Waals surface area contributed by atoms with Gasteiger partial charge in [-0.25, -0.2) is 0 Å². The number of rotatable bonds is 4. The van der Waals surface area contributed by atoms with Gasteiger partial charge in [0.05, 0.1) is 13.0 Å². The lowest BCUT2D eigenvalue weighted by molar-refractivity contribution is 0.410. The Morgan fingerprint density at radius 2 is 1.94 bits per heavy atom. The van der Waals surface area contributed by atoms with Gasteiger partial charge in [0.15, 0.2) is 0 Å². The first kappa shape index (κ1) is 12.7. The van der Waals surface area contributed by atoms with E-state index in [0.717, 1.165) is 17.0 Å². The maximum atomic E-state index is 11.6. The Balaban J connectivity index is 2.29. The van der Waals surface area contributed by atoms with Gasteiger partial charge in [-0.05, 0) is 17.7 Å². The number of hydrogen-bond donors (Lipinski definition) is 1. The van der Waals surface area contributed by atoms with Crippen LogP contribution >= 0.6 is 11.6 Å². The number of para-hydroxylation sites is 1. The minimum Gasteiger partial charge on any atom is -0.496 e. The number of benzene rings is 1. The van der Waals surface area contributed by atoms with Crippen LogP contribution < -0.4 is 10.3 Å². The molecule has 2 rings (SSSR count). The van der Waals surface area contributed by atoms with Gasteiger partial charge >= 0.3 is 0 Å².